The number of anilines is 1. The first kappa shape index (κ1) is 13.7. The summed E-state index contributed by atoms with van der Waals surface area (Å²) in [6.45, 7) is 4.40. The number of hydrogen-bond donors (Lipinski definition) is 1. The molecule has 7 heteroatoms. The molecule has 0 atom stereocenters. The molecule has 0 unspecified atom stereocenters. The molecule has 1 aromatic heterocycles. The Bertz CT molecular complexity index is 631. The van der Waals surface area contributed by atoms with Gasteiger partial charge in [0.05, 0.1) is 4.92 Å². The maximum atomic E-state index is 10.9. The number of nitrogens with zero attached hydrogens (tertiary/aromatic N) is 3. The molecule has 0 fully saturated rings. The Morgan fingerprint density at radius 3 is 2.80 bits per heavy atom. The summed E-state index contributed by atoms with van der Waals surface area (Å²) in [5.74, 6) is 0.849. The lowest BCUT2D eigenvalue weighted by Gasteiger charge is -2.08. The standard InChI is InChI=1S/C13H14N4O3/c1-3-14-13-15-9(2)8-12(16-13)20-11-7-5-4-6-10(11)17(18)19/h4-8H,3H2,1-2H3,(H,14,15,16). The van der Waals surface area contributed by atoms with E-state index in [1.54, 1.807) is 25.1 Å². The van der Waals surface area contributed by atoms with Crippen molar-refractivity contribution in [1.29, 1.82) is 0 Å². The van der Waals surface area contributed by atoms with Crippen molar-refractivity contribution < 1.29 is 9.66 Å². The second-order valence-electron chi connectivity index (χ2n) is 4.03. The van der Waals surface area contributed by atoms with Gasteiger partial charge in [-0.1, -0.05) is 12.1 Å². The summed E-state index contributed by atoms with van der Waals surface area (Å²) >= 11 is 0. The minimum absolute atomic E-state index is 0.103. The van der Waals surface area contributed by atoms with E-state index in [4.69, 9.17) is 4.74 Å². The number of ether oxygens (including phenoxy) is 1. The minimum atomic E-state index is -0.491. The van der Waals surface area contributed by atoms with Gasteiger partial charge in [-0.3, -0.25) is 10.1 Å². The number of nitrogens with one attached hydrogen (secondary N) is 1. The van der Waals surface area contributed by atoms with Crippen LogP contribution in [0, 0.1) is 17.0 Å². The summed E-state index contributed by atoms with van der Waals surface area (Å²) in [6.07, 6.45) is 0. The fraction of sp³-hybridized carbons (Fsp3) is 0.231. The van der Waals surface area contributed by atoms with Crippen LogP contribution in [0.5, 0.6) is 11.6 Å². The highest BCUT2D eigenvalue weighted by atomic mass is 16.6. The molecule has 0 saturated heterocycles. The van der Waals surface area contributed by atoms with Crippen molar-refractivity contribution in [2.75, 3.05) is 11.9 Å². The van der Waals surface area contributed by atoms with E-state index in [1.165, 1.54) is 12.1 Å². The normalized spacial score (nSPS) is 10.1. The fourth-order valence-electron chi connectivity index (χ4n) is 1.64. The van der Waals surface area contributed by atoms with Crippen molar-refractivity contribution in [2.45, 2.75) is 13.8 Å². The predicted octanol–water partition coefficient (Wildman–Crippen LogP) is 2.92. The fourth-order valence-corrected chi connectivity index (χ4v) is 1.64. The zero-order valence-electron chi connectivity index (χ0n) is 11.2. The van der Waals surface area contributed by atoms with E-state index in [0.717, 1.165) is 0 Å². The highest BCUT2D eigenvalue weighted by Gasteiger charge is 2.15. The Kier molecular flexibility index (Phi) is 4.09. The highest BCUT2D eigenvalue weighted by molar-refractivity contribution is 5.47. The van der Waals surface area contributed by atoms with Crippen LogP contribution in [0.1, 0.15) is 12.6 Å². The molecule has 1 N–H and O–H groups in total. The predicted molar refractivity (Wildman–Crippen MR) is 74.1 cm³/mol. The van der Waals surface area contributed by atoms with E-state index in [-0.39, 0.29) is 17.3 Å². The first-order valence-corrected chi connectivity index (χ1v) is 6.11. The van der Waals surface area contributed by atoms with Crippen LogP contribution in [0.3, 0.4) is 0 Å². The van der Waals surface area contributed by atoms with E-state index < -0.39 is 4.92 Å². The number of aryl methyl sites for hydroxylation is 1. The van der Waals surface area contributed by atoms with E-state index in [9.17, 15) is 10.1 Å². The largest absolute Gasteiger partial charge is 0.432 e. The molecule has 0 aliphatic heterocycles. The average molecular weight is 274 g/mol. The monoisotopic (exact) mass is 274 g/mol. The number of nitro groups is 1. The van der Waals surface area contributed by atoms with Crippen molar-refractivity contribution in [3.8, 4) is 11.6 Å². The summed E-state index contributed by atoms with van der Waals surface area (Å²) < 4.78 is 5.51. The van der Waals surface area contributed by atoms with Gasteiger partial charge in [0.2, 0.25) is 17.6 Å². The number of para-hydroxylation sites is 2. The molecule has 1 heterocycles. The van der Waals surface area contributed by atoms with Gasteiger partial charge in [0, 0.05) is 24.4 Å². The summed E-state index contributed by atoms with van der Waals surface area (Å²) in [5, 5.41) is 13.9. The van der Waals surface area contributed by atoms with Gasteiger partial charge in [0.1, 0.15) is 0 Å². The van der Waals surface area contributed by atoms with Crippen molar-refractivity contribution >= 4 is 11.6 Å². The molecular formula is C13H14N4O3. The second-order valence-corrected chi connectivity index (χ2v) is 4.03. The van der Waals surface area contributed by atoms with Crippen LogP contribution in [-0.2, 0) is 0 Å². The molecule has 0 amide bonds. The molecule has 0 radical (unpaired) electrons. The Morgan fingerprint density at radius 2 is 2.10 bits per heavy atom. The van der Waals surface area contributed by atoms with Crippen molar-refractivity contribution in [3.63, 3.8) is 0 Å². The first-order valence-electron chi connectivity index (χ1n) is 6.11. The van der Waals surface area contributed by atoms with Gasteiger partial charge in [-0.15, -0.1) is 0 Å². The van der Waals surface area contributed by atoms with Crippen LogP contribution in [0.2, 0.25) is 0 Å². The summed E-state index contributed by atoms with van der Waals surface area (Å²) in [6, 6.07) is 7.79. The molecular weight excluding hydrogens is 260 g/mol. The van der Waals surface area contributed by atoms with Gasteiger partial charge in [0.15, 0.2) is 0 Å². The van der Waals surface area contributed by atoms with Gasteiger partial charge in [-0.05, 0) is 19.9 Å². The van der Waals surface area contributed by atoms with Crippen LogP contribution in [0.25, 0.3) is 0 Å². The molecule has 0 aliphatic rings. The highest BCUT2D eigenvalue weighted by Crippen LogP contribution is 2.30. The van der Waals surface area contributed by atoms with Gasteiger partial charge in [-0.25, -0.2) is 4.98 Å². The Morgan fingerprint density at radius 1 is 1.35 bits per heavy atom. The lowest BCUT2D eigenvalue weighted by atomic mass is 10.3. The zero-order chi connectivity index (χ0) is 14.5. The van der Waals surface area contributed by atoms with Crippen LogP contribution in [0.15, 0.2) is 30.3 Å². The van der Waals surface area contributed by atoms with Crippen molar-refractivity contribution in [2.24, 2.45) is 0 Å². The summed E-state index contributed by atoms with van der Waals surface area (Å²) in [5.41, 5.74) is 0.610. The van der Waals surface area contributed by atoms with Crippen molar-refractivity contribution in [3.05, 3.63) is 46.1 Å². The van der Waals surface area contributed by atoms with E-state index in [2.05, 4.69) is 15.3 Å². The molecule has 2 aromatic rings. The number of benzene rings is 1. The van der Waals surface area contributed by atoms with E-state index in [0.29, 0.717) is 18.2 Å². The number of nitro benzene ring substituents is 1. The third-order valence-electron chi connectivity index (χ3n) is 2.44. The average Bonchev–Trinajstić information content (AvgIpc) is 2.38. The molecule has 0 bridgehead atoms. The van der Waals surface area contributed by atoms with Gasteiger partial charge in [0.25, 0.3) is 0 Å². The minimum Gasteiger partial charge on any atom is -0.432 e. The Balaban J connectivity index is 2.32. The molecule has 7 nitrogen and oxygen atoms in total. The number of aromatic nitrogens is 2. The molecule has 0 spiro atoms. The van der Waals surface area contributed by atoms with Crippen molar-refractivity contribution in [1.82, 2.24) is 9.97 Å². The molecule has 0 saturated carbocycles. The number of hydrogen-bond acceptors (Lipinski definition) is 6. The third-order valence-corrected chi connectivity index (χ3v) is 2.44. The lowest BCUT2D eigenvalue weighted by molar-refractivity contribution is -0.385. The lowest BCUT2D eigenvalue weighted by Crippen LogP contribution is -2.04. The molecule has 20 heavy (non-hydrogen) atoms. The maximum Gasteiger partial charge on any atom is 0.311 e. The quantitative estimate of drug-likeness (QED) is 0.666. The summed E-state index contributed by atoms with van der Waals surface area (Å²) in [7, 11) is 0. The SMILES string of the molecule is CCNc1nc(C)cc(Oc2ccccc2[N+](=O)[O-])n1. The zero-order valence-corrected chi connectivity index (χ0v) is 11.2. The van der Waals surface area contributed by atoms with E-state index >= 15 is 0 Å². The molecule has 2 rings (SSSR count). The topological polar surface area (TPSA) is 90.2 Å². The molecule has 0 aliphatic carbocycles. The smallest absolute Gasteiger partial charge is 0.311 e. The van der Waals surface area contributed by atoms with E-state index in [1.807, 2.05) is 6.92 Å². The summed E-state index contributed by atoms with van der Waals surface area (Å²) in [4.78, 5) is 18.8. The molecule has 104 valence electrons. The molecule has 1 aromatic carbocycles. The second kappa shape index (κ2) is 5.96. The maximum absolute atomic E-state index is 10.9. The number of rotatable bonds is 5. The van der Waals surface area contributed by atoms with Crippen LogP contribution >= 0.6 is 0 Å². The Hall–Kier alpha value is -2.70. The third kappa shape index (κ3) is 3.19. The van der Waals surface area contributed by atoms with Gasteiger partial charge < -0.3 is 10.1 Å². The first-order chi connectivity index (χ1) is 9.60. The Labute approximate surface area is 115 Å². The van der Waals surface area contributed by atoms with Gasteiger partial charge in [-0.2, -0.15) is 4.98 Å². The van der Waals surface area contributed by atoms with Gasteiger partial charge >= 0.3 is 5.69 Å². The van der Waals surface area contributed by atoms with Crippen LogP contribution in [0.4, 0.5) is 11.6 Å². The van der Waals surface area contributed by atoms with Crippen LogP contribution in [-0.4, -0.2) is 21.4 Å². The van der Waals surface area contributed by atoms with Crippen LogP contribution < -0.4 is 10.1 Å².